The molecule has 0 N–H and O–H groups in total. The Hall–Kier alpha value is -3.00. The van der Waals surface area contributed by atoms with Gasteiger partial charge in [0, 0.05) is 13.1 Å². The number of rotatable bonds is 10. The standard InChI is InChI=1S/C27H34FN3O3S/c1-19(2)15-30(26(32)24-12-8-9-13-25(24)28)17-23-14-29-27(31(23)16-20(3)4)35(33,34)18-22-11-7-6-10-21(22)5/h6-14,19-20H,15-18H2,1-5H3. The maximum absolute atomic E-state index is 14.4. The fourth-order valence-electron chi connectivity index (χ4n) is 4.03. The molecule has 2 aromatic carbocycles. The topological polar surface area (TPSA) is 72.3 Å². The highest BCUT2D eigenvalue weighted by molar-refractivity contribution is 7.90. The van der Waals surface area contributed by atoms with Gasteiger partial charge in [-0.05, 0) is 42.0 Å². The second-order valence-corrected chi connectivity index (χ2v) is 11.7. The minimum atomic E-state index is -3.74. The molecule has 0 atom stereocenters. The van der Waals surface area contributed by atoms with Crippen molar-refractivity contribution in [2.45, 2.75) is 58.6 Å². The number of imidazole rings is 1. The Morgan fingerprint density at radius 3 is 2.31 bits per heavy atom. The van der Waals surface area contributed by atoms with Crippen molar-refractivity contribution in [2.75, 3.05) is 6.54 Å². The summed E-state index contributed by atoms with van der Waals surface area (Å²) in [6.07, 6.45) is 1.52. The van der Waals surface area contributed by atoms with Gasteiger partial charge >= 0.3 is 0 Å². The Morgan fingerprint density at radius 1 is 1.03 bits per heavy atom. The summed E-state index contributed by atoms with van der Waals surface area (Å²) in [6, 6.07) is 13.3. The van der Waals surface area contributed by atoms with Gasteiger partial charge < -0.3 is 9.47 Å². The number of halogens is 1. The number of aryl methyl sites for hydroxylation is 1. The van der Waals surface area contributed by atoms with E-state index < -0.39 is 21.6 Å². The fourth-order valence-corrected chi connectivity index (χ4v) is 5.63. The molecule has 1 amide bonds. The third kappa shape index (κ3) is 6.57. The van der Waals surface area contributed by atoms with Gasteiger partial charge in [0.05, 0.1) is 29.8 Å². The van der Waals surface area contributed by atoms with Crippen LogP contribution in [0.25, 0.3) is 0 Å². The quantitative estimate of drug-likeness (QED) is 0.382. The van der Waals surface area contributed by atoms with E-state index in [0.29, 0.717) is 18.8 Å². The van der Waals surface area contributed by atoms with Crippen molar-refractivity contribution in [2.24, 2.45) is 11.8 Å². The van der Waals surface area contributed by atoms with Crippen molar-refractivity contribution < 1.29 is 17.6 Å². The van der Waals surface area contributed by atoms with Crippen LogP contribution in [0, 0.1) is 24.6 Å². The lowest BCUT2D eigenvalue weighted by Gasteiger charge is -2.26. The van der Waals surface area contributed by atoms with E-state index in [1.165, 1.54) is 18.3 Å². The van der Waals surface area contributed by atoms with Gasteiger partial charge in [-0.3, -0.25) is 4.79 Å². The van der Waals surface area contributed by atoms with Crippen LogP contribution in [0.5, 0.6) is 0 Å². The van der Waals surface area contributed by atoms with Gasteiger partial charge in [-0.2, -0.15) is 0 Å². The van der Waals surface area contributed by atoms with E-state index in [1.54, 1.807) is 27.7 Å². The zero-order chi connectivity index (χ0) is 25.8. The number of carbonyl (C=O) groups is 1. The third-order valence-electron chi connectivity index (χ3n) is 5.66. The molecule has 188 valence electrons. The molecule has 1 aromatic heterocycles. The summed E-state index contributed by atoms with van der Waals surface area (Å²) >= 11 is 0. The highest BCUT2D eigenvalue weighted by Gasteiger charge is 2.27. The lowest BCUT2D eigenvalue weighted by atomic mass is 10.1. The lowest BCUT2D eigenvalue weighted by Crippen LogP contribution is -2.35. The highest BCUT2D eigenvalue weighted by atomic mass is 32.2. The van der Waals surface area contributed by atoms with Crippen LogP contribution in [-0.2, 0) is 28.7 Å². The van der Waals surface area contributed by atoms with Gasteiger partial charge in [-0.25, -0.2) is 17.8 Å². The minimum absolute atomic E-state index is 0.00419. The maximum atomic E-state index is 14.4. The van der Waals surface area contributed by atoms with Crippen LogP contribution in [0.2, 0.25) is 0 Å². The lowest BCUT2D eigenvalue weighted by molar-refractivity contribution is 0.0713. The summed E-state index contributed by atoms with van der Waals surface area (Å²) in [5, 5.41) is -0.00714. The number of hydrogen-bond donors (Lipinski definition) is 0. The van der Waals surface area contributed by atoms with Gasteiger partial charge in [0.15, 0.2) is 0 Å². The zero-order valence-electron chi connectivity index (χ0n) is 21.0. The molecule has 1 heterocycles. The van der Waals surface area contributed by atoms with E-state index in [2.05, 4.69) is 4.98 Å². The van der Waals surface area contributed by atoms with Crippen LogP contribution in [0.1, 0.15) is 54.9 Å². The SMILES string of the molecule is Cc1ccccc1CS(=O)(=O)c1ncc(CN(CC(C)C)C(=O)c2ccccc2F)n1CC(C)C. The molecular formula is C27H34FN3O3S. The van der Waals surface area contributed by atoms with Gasteiger partial charge in [0.2, 0.25) is 15.0 Å². The first-order chi connectivity index (χ1) is 16.5. The molecule has 35 heavy (non-hydrogen) atoms. The first-order valence-corrected chi connectivity index (χ1v) is 13.5. The summed E-state index contributed by atoms with van der Waals surface area (Å²) in [7, 11) is -3.74. The molecular weight excluding hydrogens is 465 g/mol. The van der Waals surface area contributed by atoms with E-state index in [0.717, 1.165) is 11.1 Å². The maximum Gasteiger partial charge on any atom is 0.257 e. The van der Waals surface area contributed by atoms with Crippen LogP contribution >= 0.6 is 0 Å². The van der Waals surface area contributed by atoms with Crippen LogP contribution in [0.15, 0.2) is 59.9 Å². The molecule has 0 bridgehead atoms. The van der Waals surface area contributed by atoms with Crippen molar-refractivity contribution in [3.05, 3.63) is 82.9 Å². The van der Waals surface area contributed by atoms with Crippen molar-refractivity contribution in [3.8, 4) is 0 Å². The molecule has 0 fully saturated rings. The van der Waals surface area contributed by atoms with E-state index in [9.17, 15) is 17.6 Å². The van der Waals surface area contributed by atoms with Crippen molar-refractivity contribution in [1.82, 2.24) is 14.5 Å². The van der Waals surface area contributed by atoms with Crippen LogP contribution < -0.4 is 0 Å². The van der Waals surface area contributed by atoms with Gasteiger partial charge in [-0.1, -0.05) is 64.1 Å². The molecule has 0 aliphatic rings. The molecule has 0 spiro atoms. The molecule has 3 rings (SSSR count). The van der Waals surface area contributed by atoms with Crippen LogP contribution in [0.3, 0.4) is 0 Å². The number of amides is 1. The number of sulfone groups is 1. The highest BCUT2D eigenvalue weighted by Crippen LogP contribution is 2.23. The molecule has 0 unspecified atom stereocenters. The Balaban J connectivity index is 1.99. The minimum Gasteiger partial charge on any atom is -0.332 e. The Morgan fingerprint density at radius 2 is 1.69 bits per heavy atom. The molecule has 0 saturated heterocycles. The van der Waals surface area contributed by atoms with Crippen LogP contribution in [-0.4, -0.2) is 35.3 Å². The number of benzene rings is 2. The van der Waals surface area contributed by atoms with Gasteiger partial charge in [0.1, 0.15) is 5.82 Å². The number of hydrogen-bond acceptors (Lipinski definition) is 4. The molecule has 0 saturated carbocycles. The average molecular weight is 500 g/mol. The second kappa shape index (κ2) is 11.2. The summed E-state index contributed by atoms with van der Waals surface area (Å²) in [6.45, 7) is 10.8. The first kappa shape index (κ1) is 26.6. The number of nitrogens with zero attached hydrogens (tertiary/aromatic N) is 3. The molecule has 6 nitrogen and oxygen atoms in total. The Kier molecular flexibility index (Phi) is 8.48. The normalized spacial score (nSPS) is 11.9. The van der Waals surface area contributed by atoms with Gasteiger partial charge in [-0.15, -0.1) is 0 Å². The monoisotopic (exact) mass is 499 g/mol. The van der Waals surface area contributed by atoms with Gasteiger partial charge in [0.25, 0.3) is 5.91 Å². The number of aromatic nitrogens is 2. The third-order valence-corrected chi connectivity index (χ3v) is 7.24. The summed E-state index contributed by atoms with van der Waals surface area (Å²) in [4.78, 5) is 19.1. The second-order valence-electron chi connectivity index (χ2n) is 9.78. The van der Waals surface area contributed by atoms with E-state index >= 15 is 0 Å². The smallest absolute Gasteiger partial charge is 0.257 e. The zero-order valence-corrected chi connectivity index (χ0v) is 21.8. The van der Waals surface area contributed by atoms with Crippen molar-refractivity contribution in [3.63, 3.8) is 0 Å². The Bertz CT molecular complexity index is 1280. The number of carbonyl (C=O) groups excluding carboxylic acids is 1. The van der Waals surface area contributed by atoms with Crippen molar-refractivity contribution in [1.29, 1.82) is 0 Å². The predicted octanol–water partition coefficient (Wildman–Crippen LogP) is 5.26. The van der Waals surface area contributed by atoms with E-state index in [1.807, 2.05) is 52.8 Å². The van der Waals surface area contributed by atoms with Crippen LogP contribution in [0.4, 0.5) is 4.39 Å². The molecule has 0 radical (unpaired) electrons. The Labute approximate surface area is 207 Å². The predicted molar refractivity (Wildman–Crippen MR) is 135 cm³/mol. The first-order valence-electron chi connectivity index (χ1n) is 11.8. The largest absolute Gasteiger partial charge is 0.332 e. The molecule has 3 aromatic rings. The average Bonchev–Trinajstić information content (AvgIpc) is 3.17. The molecule has 0 aliphatic carbocycles. The van der Waals surface area contributed by atoms with E-state index in [-0.39, 0.29) is 34.9 Å². The summed E-state index contributed by atoms with van der Waals surface area (Å²) in [5.41, 5.74) is 2.23. The fraction of sp³-hybridized carbons (Fsp3) is 0.407. The molecule has 0 aliphatic heterocycles. The van der Waals surface area contributed by atoms with Crippen molar-refractivity contribution >= 4 is 15.7 Å². The summed E-state index contributed by atoms with van der Waals surface area (Å²) < 4.78 is 42.9. The van der Waals surface area contributed by atoms with E-state index in [4.69, 9.17) is 0 Å². The summed E-state index contributed by atoms with van der Waals surface area (Å²) in [5.74, 6) is -0.882. The molecule has 8 heteroatoms.